The number of hydrogen-bond donors (Lipinski definition) is 1. The maximum absolute atomic E-state index is 12.9. The standard InChI is InChI=1S/C21H33N3O2/c1-18(23-13-11-22(12-14-23)15-16-25)21(26)24-9-7-20(8-10-24)17-19-5-3-2-4-6-19/h2-6,18,20,25H,7-17H2,1H3. The van der Waals surface area contributed by atoms with Gasteiger partial charge in [0.25, 0.3) is 0 Å². The van der Waals surface area contributed by atoms with Crippen LogP contribution >= 0.6 is 0 Å². The minimum atomic E-state index is -0.0306. The third-order valence-corrected chi connectivity index (χ3v) is 6.02. The van der Waals surface area contributed by atoms with Gasteiger partial charge in [0.2, 0.25) is 5.91 Å². The average molecular weight is 360 g/mol. The van der Waals surface area contributed by atoms with E-state index in [9.17, 15) is 4.79 Å². The van der Waals surface area contributed by atoms with Crippen molar-refractivity contribution in [3.63, 3.8) is 0 Å². The summed E-state index contributed by atoms with van der Waals surface area (Å²) in [5.74, 6) is 0.984. The summed E-state index contributed by atoms with van der Waals surface area (Å²) < 4.78 is 0. The summed E-state index contributed by atoms with van der Waals surface area (Å²) in [5.41, 5.74) is 1.41. The van der Waals surface area contributed by atoms with Gasteiger partial charge in [-0.15, -0.1) is 0 Å². The lowest BCUT2D eigenvalue weighted by molar-refractivity contribution is -0.138. The number of piperidine rings is 1. The summed E-state index contributed by atoms with van der Waals surface area (Å²) in [6.45, 7) is 8.51. The first-order valence-corrected chi connectivity index (χ1v) is 10.1. The summed E-state index contributed by atoms with van der Waals surface area (Å²) in [4.78, 5) is 19.5. The number of nitrogens with zero attached hydrogens (tertiary/aromatic N) is 3. The van der Waals surface area contributed by atoms with E-state index in [2.05, 4.69) is 52.0 Å². The van der Waals surface area contributed by atoms with Crippen LogP contribution in [0.5, 0.6) is 0 Å². The van der Waals surface area contributed by atoms with Crippen molar-refractivity contribution in [3.8, 4) is 0 Å². The minimum absolute atomic E-state index is 0.0306. The predicted molar refractivity (Wildman–Crippen MR) is 104 cm³/mol. The molecule has 1 N–H and O–H groups in total. The highest BCUT2D eigenvalue weighted by atomic mass is 16.3. The zero-order chi connectivity index (χ0) is 18.4. The molecule has 2 saturated heterocycles. The third kappa shape index (κ3) is 5.06. The predicted octanol–water partition coefficient (Wildman–Crippen LogP) is 1.47. The molecule has 5 heteroatoms. The molecule has 2 aliphatic heterocycles. The van der Waals surface area contributed by atoms with E-state index in [1.807, 2.05) is 0 Å². The Morgan fingerprint density at radius 3 is 2.35 bits per heavy atom. The minimum Gasteiger partial charge on any atom is -0.395 e. The van der Waals surface area contributed by atoms with Gasteiger partial charge in [-0.1, -0.05) is 30.3 Å². The molecule has 0 radical (unpaired) electrons. The molecule has 3 rings (SSSR count). The Morgan fingerprint density at radius 1 is 1.08 bits per heavy atom. The molecule has 26 heavy (non-hydrogen) atoms. The quantitative estimate of drug-likeness (QED) is 0.836. The van der Waals surface area contributed by atoms with Crippen molar-refractivity contribution < 1.29 is 9.90 Å². The Bertz CT molecular complexity index is 550. The van der Waals surface area contributed by atoms with Crippen LogP contribution in [0.4, 0.5) is 0 Å². The van der Waals surface area contributed by atoms with Gasteiger partial charge >= 0.3 is 0 Å². The number of carbonyl (C=O) groups excluding carboxylic acids is 1. The fourth-order valence-corrected chi connectivity index (χ4v) is 4.24. The monoisotopic (exact) mass is 359 g/mol. The third-order valence-electron chi connectivity index (χ3n) is 6.02. The van der Waals surface area contributed by atoms with Crippen LogP contribution < -0.4 is 0 Å². The molecular formula is C21H33N3O2. The van der Waals surface area contributed by atoms with Crippen molar-refractivity contribution in [1.82, 2.24) is 14.7 Å². The molecule has 5 nitrogen and oxygen atoms in total. The molecule has 0 spiro atoms. The summed E-state index contributed by atoms with van der Waals surface area (Å²) in [6, 6.07) is 10.7. The maximum Gasteiger partial charge on any atom is 0.239 e. The highest BCUT2D eigenvalue weighted by molar-refractivity contribution is 5.81. The smallest absolute Gasteiger partial charge is 0.239 e. The van der Waals surface area contributed by atoms with E-state index in [1.54, 1.807) is 0 Å². The van der Waals surface area contributed by atoms with Gasteiger partial charge in [-0.25, -0.2) is 0 Å². The van der Waals surface area contributed by atoms with Gasteiger partial charge in [0.15, 0.2) is 0 Å². The second-order valence-corrected chi connectivity index (χ2v) is 7.74. The Kier molecular flexibility index (Phi) is 7.06. The van der Waals surface area contributed by atoms with Gasteiger partial charge in [-0.2, -0.15) is 0 Å². The van der Waals surface area contributed by atoms with Crippen LogP contribution in [0.3, 0.4) is 0 Å². The first kappa shape index (κ1) is 19.3. The maximum atomic E-state index is 12.9. The van der Waals surface area contributed by atoms with Crippen LogP contribution in [0.1, 0.15) is 25.3 Å². The van der Waals surface area contributed by atoms with Gasteiger partial charge in [0.1, 0.15) is 0 Å². The fourth-order valence-electron chi connectivity index (χ4n) is 4.24. The molecule has 1 aromatic carbocycles. The molecule has 0 aromatic heterocycles. The van der Waals surface area contributed by atoms with Crippen molar-refractivity contribution in [1.29, 1.82) is 0 Å². The number of piperazine rings is 1. The number of aliphatic hydroxyl groups excluding tert-OH is 1. The van der Waals surface area contributed by atoms with Gasteiger partial charge in [-0.3, -0.25) is 14.6 Å². The van der Waals surface area contributed by atoms with E-state index < -0.39 is 0 Å². The largest absolute Gasteiger partial charge is 0.395 e. The Hall–Kier alpha value is -1.43. The van der Waals surface area contributed by atoms with Crippen LogP contribution in [0.25, 0.3) is 0 Å². The van der Waals surface area contributed by atoms with Gasteiger partial charge < -0.3 is 10.0 Å². The second-order valence-electron chi connectivity index (χ2n) is 7.74. The number of hydrogen-bond acceptors (Lipinski definition) is 4. The van der Waals surface area contributed by atoms with Crippen molar-refractivity contribution in [3.05, 3.63) is 35.9 Å². The van der Waals surface area contributed by atoms with Crippen LogP contribution in [0, 0.1) is 5.92 Å². The summed E-state index contributed by atoms with van der Waals surface area (Å²) in [7, 11) is 0. The SMILES string of the molecule is CC(C(=O)N1CCC(Cc2ccccc2)CC1)N1CCN(CCO)CC1. The Morgan fingerprint density at radius 2 is 1.73 bits per heavy atom. The van der Waals surface area contributed by atoms with Crippen LogP contribution in [0.2, 0.25) is 0 Å². The van der Waals surface area contributed by atoms with Crippen LogP contribution in [-0.4, -0.2) is 84.2 Å². The molecule has 2 heterocycles. The molecule has 0 bridgehead atoms. The first-order valence-electron chi connectivity index (χ1n) is 10.1. The lowest BCUT2D eigenvalue weighted by atomic mass is 9.90. The first-order chi connectivity index (χ1) is 12.7. The van der Waals surface area contributed by atoms with E-state index in [0.717, 1.165) is 65.1 Å². The number of benzene rings is 1. The van der Waals surface area contributed by atoms with E-state index >= 15 is 0 Å². The molecule has 1 aromatic rings. The molecule has 0 aliphatic carbocycles. The number of carbonyl (C=O) groups is 1. The Balaban J connectivity index is 1.43. The van der Waals surface area contributed by atoms with Gasteiger partial charge in [0, 0.05) is 45.8 Å². The van der Waals surface area contributed by atoms with Crippen molar-refractivity contribution in [2.45, 2.75) is 32.2 Å². The highest BCUT2D eigenvalue weighted by Crippen LogP contribution is 2.22. The lowest BCUT2D eigenvalue weighted by Gasteiger charge is -2.40. The second kappa shape index (κ2) is 9.49. The van der Waals surface area contributed by atoms with E-state index in [1.165, 1.54) is 5.56 Å². The molecule has 1 atom stereocenters. The number of β-amino-alcohol motifs (C(OH)–C–C–N with tert-alkyl or cyclic N) is 1. The molecule has 1 amide bonds. The molecule has 144 valence electrons. The molecular weight excluding hydrogens is 326 g/mol. The number of likely N-dealkylation sites (tertiary alicyclic amines) is 1. The number of aliphatic hydroxyl groups is 1. The van der Waals surface area contributed by atoms with Crippen molar-refractivity contribution >= 4 is 5.91 Å². The highest BCUT2D eigenvalue weighted by Gasteiger charge is 2.30. The summed E-state index contributed by atoms with van der Waals surface area (Å²) in [6.07, 6.45) is 3.35. The summed E-state index contributed by atoms with van der Waals surface area (Å²) in [5, 5.41) is 9.05. The van der Waals surface area contributed by atoms with E-state index in [-0.39, 0.29) is 12.6 Å². The molecule has 0 saturated carbocycles. The van der Waals surface area contributed by atoms with Gasteiger partial charge in [0.05, 0.1) is 12.6 Å². The molecule has 2 fully saturated rings. The van der Waals surface area contributed by atoms with Crippen molar-refractivity contribution in [2.75, 3.05) is 52.4 Å². The van der Waals surface area contributed by atoms with Crippen LogP contribution in [0.15, 0.2) is 30.3 Å². The topological polar surface area (TPSA) is 47.0 Å². The average Bonchev–Trinajstić information content (AvgIpc) is 2.69. The lowest BCUT2D eigenvalue weighted by Crippen LogP contribution is -2.55. The van der Waals surface area contributed by atoms with Crippen molar-refractivity contribution in [2.24, 2.45) is 5.92 Å². The zero-order valence-corrected chi connectivity index (χ0v) is 16.0. The van der Waals surface area contributed by atoms with Crippen LogP contribution in [-0.2, 0) is 11.2 Å². The Labute approximate surface area is 157 Å². The number of amides is 1. The van der Waals surface area contributed by atoms with Gasteiger partial charge in [-0.05, 0) is 37.7 Å². The fraction of sp³-hybridized carbons (Fsp3) is 0.667. The number of rotatable bonds is 6. The molecule has 2 aliphatic rings. The summed E-state index contributed by atoms with van der Waals surface area (Å²) >= 11 is 0. The van der Waals surface area contributed by atoms with E-state index in [4.69, 9.17) is 5.11 Å². The van der Waals surface area contributed by atoms with E-state index in [0.29, 0.717) is 11.8 Å². The molecule has 1 unspecified atom stereocenters. The zero-order valence-electron chi connectivity index (χ0n) is 16.0. The normalized spacial score (nSPS) is 21.7.